The van der Waals surface area contributed by atoms with Crippen LogP contribution in [0.15, 0.2) is 52.6 Å². The zero-order chi connectivity index (χ0) is 24.1. The number of allylic oxidation sites excluding steroid dienone is 2. The Balaban J connectivity index is 2.41. The Kier molecular flexibility index (Phi) is 7.18. The van der Waals surface area contributed by atoms with Crippen LogP contribution in [0.5, 0.6) is 5.75 Å². The topological polar surface area (TPSA) is 196 Å². The van der Waals surface area contributed by atoms with E-state index >= 15 is 0 Å². The van der Waals surface area contributed by atoms with Crippen LogP contribution in [-0.4, -0.2) is 28.2 Å². The molecule has 164 valence electrons. The van der Waals surface area contributed by atoms with E-state index in [-0.39, 0.29) is 22.1 Å². The SMILES string of the molecule is CS(=O)(=O)Nc1cccc(NS(=O)(=O)c2cc(O)c(NC(C#N)=C(C#N)C#N)cc2Cl)c1. The van der Waals surface area contributed by atoms with Gasteiger partial charge in [0.1, 0.15) is 34.5 Å². The van der Waals surface area contributed by atoms with E-state index in [0.29, 0.717) is 0 Å². The molecule has 2 aromatic carbocycles. The molecule has 0 amide bonds. The molecule has 32 heavy (non-hydrogen) atoms. The number of benzene rings is 2. The molecule has 0 heterocycles. The lowest BCUT2D eigenvalue weighted by Gasteiger charge is -2.14. The lowest BCUT2D eigenvalue weighted by molar-refractivity contribution is 0.475. The van der Waals surface area contributed by atoms with E-state index < -0.39 is 42.0 Å². The second-order valence-electron chi connectivity index (χ2n) is 6.07. The number of hydrogen-bond acceptors (Lipinski definition) is 9. The summed E-state index contributed by atoms with van der Waals surface area (Å²) >= 11 is 6.05. The van der Waals surface area contributed by atoms with Crippen molar-refractivity contribution in [1.82, 2.24) is 0 Å². The third kappa shape index (κ3) is 6.03. The molecule has 0 radical (unpaired) electrons. The molecule has 4 N–H and O–H groups in total. The van der Waals surface area contributed by atoms with Crippen LogP contribution in [-0.2, 0) is 20.0 Å². The summed E-state index contributed by atoms with van der Waals surface area (Å²) < 4.78 is 52.6. The van der Waals surface area contributed by atoms with Gasteiger partial charge in [0.2, 0.25) is 10.0 Å². The second-order valence-corrected chi connectivity index (χ2v) is 9.88. The van der Waals surface area contributed by atoms with Crippen LogP contribution in [0.1, 0.15) is 0 Å². The molecule has 2 aromatic rings. The van der Waals surface area contributed by atoms with Gasteiger partial charge in [-0.25, -0.2) is 16.8 Å². The number of aromatic hydroxyl groups is 1. The fourth-order valence-electron chi connectivity index (χ4n) is 2.34. The average Bonchev–Trinajstić information content (AvgIpc) is 2.68. The summed E-state index contributed by atoms with van der Waals surface area (Å²) in [6, 6.07) is 11.8. The number of nitrogens with zero attached hydrogens (tertiary/aromatic N) is 3. The molecule has 0 fully saturated rings. The highest BCUT2D eigenvalue weighted by Gasteiger charge is 2.22. The van der Waals surface area contributed by atoms with E-state index in [0.717, 1.165) is 18.4 Å². The van der Waals surface area contributed by atoms with Gasteiger partial charge in [0.15, 0.2) is 5.57 Å². The highest BCUT2D eigenvalue weighted by molar-refractivity contribution is 7.93. The highest BCUT2D eigenvalue weighted by atomic mass is 35.5. The molecule has 0 aliphatic heterocycles. The van der Waals surface area contributed by atoms with Crippen LogP contribution < -0.4 is 14.8 Å². The zero-order valence-corrected chi connectivity index (χ0v) is 18.5. The molecule has 0 aromatic heterocycles. The Bertz CT molecular complexity index is 1430. The van der Waals surface area contributed by atoms with Gasteiger partial charge in [0, 0.05) is 6.07 Å². The number of nitrogens with one attached hydrogen (secondary N) is 3. The lowest BCUT2D eigenvalue weighted by atomic mass is 10.2. The first-order valence-corrected chi connectivity index (χ1v) is 12.0. The van der Waals surface area contributed by atoms with E-state index in [2.05, 4.69) is 14.8 Å². The molecule has 0 spiro atoms. The van der Waals surface area contributed by atoms with Crippen molar-refractivity contribution >= 4 is 48.7 Å². The lowest BCUT2D eigenvalue weighted by Crippen LogP contribution is -2.14. The van der Waals surface area contributed by atoms with Crippen molar-refractivity contribution in [3.05, 3.63) is 52.7 Å². The summed E-state index contributed by atoms with van der Waals surface area (Å²) in [4.78, 5) is -0.521. The van der Waals surface area contributed by atoms with Gasteiger partial charge in [-0.3, -0.25) is 9.44 Å². The van der Waals surface area contributed by atoms with Crippen molar-refractivity contribution in [2.75, 3.05) is 21.0 Å². The Morgan fingerprint density at radius 3 is 2.09 bits per heavy atom. The molecule has 0 bridgehead atoms. The number of anilines is 3. The van der Waals surface area contributed by atoms with Crippen LogP contribution in [0, 0.1) is 34.0 Å². The summed E-state index contributed by atoms with van der Waals surface area (Å²) in [6.45, 7) is 0. The number of sulfonamides is 2. The number of phenolic OH excluding ortho intramolecular Hbond substituents is 1. The molecule has 0 aliphatic rings. The number of rotatable bonds is 7. The maximum Gasteiger partial charge on any atom is 0.263 e. The molecule has 0 saturated carbocycles. The fourth-order valence-corrected chi connectivity index (χ4v) is 4.49. The fraction of sp³-hybridized carbons (Fsp3) is 0.0556. The van der Waals surface area contributed by atoms with Gasteiger partial charge < -0.3 is 10.4 Å². The molecule has 0 atom stereocenters. The number of halogens is 1. The highest BCUT2D eigenvalue weighted by Crippen LogP contribution is 2.35. The summed E-state index contributed by atoms with van der Waals surface area (Å²) in [7, 11) is -7.92. The zero-order valence-electron chi connectivity index (χ0n) is 16.1. The third-order valence-corrected chi connectivity index (χ3v) is 6.06. The maximum atomic E-state index is 12.7. The van der Waals surface area contributed by atoms with Crippen molar-refractivity contribution in [2.45, 2.75) is 4.90 Å². The van der Waals surface area contributed by atoms with Crippen molar-refractivity contribution < 1.29 is 21.9 Å². The molecule has 0 unspecified atom stereocenters. The van der Waals surface area contributed by atoms with Crippen LogP contribution in [0.25, 0.3) is 0 Å². The smallest absolute Gasteiger partial charge is 0.263 e. The molecule has 0 saturated heterocycles. The van der Waals surface area contributed by atoms with Crippen LogP contribution in [0.3, 0.4) is 0 Å². The minimum Gasteiger partial charge on any atom is -0.506 e. The van der Waals surface area contributed by atoms with Gasteiger partial charge in [-0.05, 0) is 24.3 Å². The van der Waals surface area contributed by atoms with E-state index in [4.69, 9.17) is 27.4 Å². The van der Waals surface area contributed by atoms with Gasteiger partial charge in [-0.1, -0.05) is 17.7 Å². The van der Waals surface area contributed by atoms with E-state index in [1.54, 1.807) is 6.07 Å². The van der Waals surface area contributed by atoms with Gasteiger partial charge in [0.25, 0.3) is 10.0 Å². The van der Waals surface area contributed by atoms with Crippen molar-refractivity contribution in [3.8, 4) is 24.0 Å². The summed E-state index contributed by atoms with van der Waals surface area (Å²) in [5.41, 5.74) is -1.11. The minimum absolute atomic E-state index is 0.0128. The first-order valence-electron chi connectivity index (χ1n) is 8.25. The molecule has 2 rings (SSSR count). The third-order valence-electron chi connectivity index (χ3n) is 3.60. The molecule has 0 aliphatic carbocycles. The average molecular weight is 493 g/mol. The standard InChI is InChI=1S/C18H13ClN6O5S2/c1-31(27,28)24-12-3-2-4-13(5-12)25-32(29,30)18-7-17(26)15(6-14(18)19)23-16(10-22)11(8-20)9-21/h2-7,23-26H,1H3. The second kappa shape index (κ2) is 9.45. The Labute approximate surface area is 188 Å². The van der Waals surface area contributed by atoms with Crippen LogP contribution in [0.2, 0.25) is 5.02 Å². The van der Waals surface area contributed by atoms with Gasteiger partial charge in [0.05, 0.1) is 28.3 Å². The summed E-state index contributed by atoms with van der Waals surface area (Å²) in [5.74, 6) is -0.634. The first kappa shape index (κ1) is 24.3. The molecule has 14 heteroatoms. The van der Waals surface area contributed by atoms with E-state index in [9.17, 15) is 21.9 Å². The Hall–Kier alpha value is -3.96. The van der Waals surface area contributed by atoms with Crippen LogP contribution >= 0.6 is 11.6 Å². The van der Waals surface area contributed by atoms with E-state index in [1.165, 1.54) is 36.4 Å². The van der Waals surface area contributed by atoms with Gasteiger partial charge >= 0.3 is 0 Å². The molecular weight excluding hydrogens is 480 g/mol. The molecular formula is C18H13ClN6O5S2. The predicted octanol–water partition coefficient (Wildman–Crippen LogP) is 2.45. The van der Waals surface area contributed by atoms with Gasteiger partial charge in [-0.15, -0.1) is 0 Å². The number of nitriles is 3. The van der Waals surface area contributed by atoms with Gasteiger partial charge in [-0.2, -0.15) is 15.8 Å². The van der Waals surface area contributed by atoms with E-state index in [1.807, 2.05) is 0 Å². The predicted molar refractivity (Wildman–Crippen MR) is 116 cm³/mol. The Morgan fingerprint density at radius 1 is 0.969 bits per heavy atom. The quantitative estimate of drug-likeness (QED) is 0.331. The Morgan fingerprint density at radius 2 is 1.56 bits per heavy atom. The van der Waals surface area contributed by atoms with Crippen molar-refractivity contribution in [2.24, 2.45) is 0 Å². The molecule has 11 nitrogen and oxygen atoms in total. The first-order chi connectivity index (χ1) is 14.9. The largest absolute Gasteiger partial charge is 0.506 e. The number of hydrogen-bond donors (Lipinski definition) is 4. The summed E-state index contributed by atoms with van der Waals surface area (Å²) in [5, 5.41) is 39.0. The van der Waals surface area contributed by atoms with Crippen molar-refractivity contribution in [3.63, 3.8) is 0 Å². The van der Waals surface area contributed by atoms with Crippen molar-refractivity contribution in [1.29, 1.82) is 15.8 Å². The summed E-state index contributed by atoms with van der Waals surface area (Å²) in [6.07, 6.45) is 0.936. The maximum absolute atomic E-state index is 12.7. The normalized spacial score (nSPS) is 10.7. The number of phenols is 1. The minimum atomic E-state index is -4.33. The van der Waals surface area contributed by atoms with Crippen LogP contribution in [0.4, 0.5) is 17.1 Å². The monoisotopic (exact) mass is 492 g/mol.